The predicted octanol–water partition coefficient (Wildman–Crippen LogP) is 3.32. The van der Waals surface area contributed by atoms with E-state index in [1.54, 1.807) is 18.2 Å². The molecule has 1 saturated carbocycles. The average Bonchev–Trinajstić information content (AvgIpc) is 2.40. The Morgan fingerprint density at radius 3 is 2.68 bits per heavy atom. The molecule has 0 amide bonds. The molecule has 0 spiro atoms. The van der Waals surface area contributed by atoms with Gasteiger partial charge in [0.15, 0.2) is 0 Å². The Morgan fingerprint density at radius 2 is 2.11 bits per heavy atom. The second-order valence-corrected chi connectivity index (χ2v) is 5.10. The van der Waals surface area contributed by atoms with E-state index in [0.717, 1.165) is 18.4 Å². The van der Waals surface area contributed by atoms with Crippen LogP contribution in [-0.4, -0.2) is 17.7 Å². The summed E-state index contributed by atoms with van der Waals surface area (Å²) in [6, 6.07) is 6.95. The summed E-state index contributed by atoms with van der Waals surface area (Å²) in [6.07, 6.45) is 3.06. The van der Waals surface area contributed by atoms with E-state index >= 15 is 0 Å². The monoisotopic (exact) mass is 260 g/mol. The summed E-state index contributed by atoms with van der Waals surface area (Å²) in [6.45, 7) is 6.19. The summed E-state index contributed by atoms with van der Waals surface area (Å²) in [5.74, 6) is -0.00123. The van der Waals surface area contributed by atoms with E-state index in [2.05, 4.69) is 6.58 Å². The minimum absolute atomic E-state index is 0.186. The lowest BCUT2D eigenvalue weighted by Crippen LogP contribution is -2.39. The SMILES string of the molecule is C=C1CCC(C(=O)OCC)(c2cccc(O)c2)CC1. The number of ether oxygens (including phenoxy) is 1. The quantitative estimate of drug-likeness (QED) is 0.670. The third kappa shape index (κ3) is 2.65. The van der Waals surface area contributed by atoms with E-state index in [1.807, 2.05) is 13.0 Å². The number of allylic oxidation sites excluding steroid dienone is 1. The van der Waals surface area contributed by atoms with Crippen molar-refractivity contribution in [3.8, 4) is 5.75 Å². The molecule has 1 aromatic carbocycles. The Hall–Kier alpha value is -1.77. The van der Waals surface area contributed by atoms with Crippen LogP contribution in [-0.2, 0) is 14.9 Å². The largest absolute Gasteiger partial charge is 0.508 e. The molecule has 0 aliphatic heterocycles. The molecule has 19 heavy (non-hydrogen) atoms. The average molecular weight is 260 g/mol. The zero-order valence-corrected chi connectivity index (χ0v) is 11.3. The number of hydrogen-bond acceptors (Lipinski definition) is 3. The molecular weight excluding hydrogens is 240 g/mol. The minimum Gasteiger partial charge on any atom is -0.508 e. The molecule has 1 N–H and O–H groups in total. The van der Waals surface area contributed by atoms with E-state index < -0.39 is 5.41 Å². The summed E-state index contributed by atoms with van der Waals surface area (Å²) >= 11 is 0. The van der Waals surface area contributed by atoms with Crippen LogP contribution in [0.1, 0.15) is 38.2 Å². The van der Waals surface area contributed by atoms with E-state index in [9.17, 15) is 9.90 Å². The lowest BCUT2D eigenvalue weighted by atomic mass is 9.68. The highest BCUT2D eigenvalue weighted by Gasteiger charge is 2.43. The van der Waals surface area contributed by atoms with Crippen molar-refractivity contribution < 1.29 is 14.6 Å². The first kappa shape index (κ1) is 13.7. The molecule has 0 bridgehead atoms. The molecule has 0 atom stereocenters. The number of benzene rings is 1. The lowest BCUT2D eigenvalue weighted by molar-refractivity contribution is -0.151. The van der Waals surface area contributed by atoms with Crippen molar-refractivity contribution in [3.05, 3.63) is 42.0 Å². The molecule has 1 aliphatic carbocycles. The third-order valence-corrected chi connectivity index (χ3v) is 3.88. The lowest BCUT2D eigenvalue weighted by Gasteiger charge is -2.36. The number of rotatable bonds is 3. The van der Waals surface area contributed by atoms with Gasteiger partial charge in [-0.3, -0.25) is 4.79 Å². The third-order valence-electron chi connectivity index (χ3n) is 3.88. The van der Waals surface area contributed by atoms with E-state index in [0.29, 0.717) is 19.4 Å². The van der Waals surface area contributed by atoms with Gasteiger partial charge < -0.3 is 9.84 Å². The molecule has 3 heteroatoms. The number of phenolic OH excluding ortho intramolecular Hbond substituents is 1. The summed E-state index contributed by atoms with van der Waals surface area (Å²) in [5.41, 5.74) is 1.40. The number of esters is 1. The van der Waals surface area contributed by atoms with Gasteiger partial charge in [-0.05, 0) is 50.3 Å². The zero-order valence-electron chi connectivity index (χ0n) is 11.3. The molecule has 1 fully saturated rings. The van der Waals surface area contributed by atoms with Crippen LogP contribution < -0.4 is 0 Å². The van der Waals surface area contributed by atoms with Gasteiger partial charge in [-0.15, -0.1) is 0 Å². The summed E-state index contributed by atoms with van der Waals surface area (Å²) in [7, 11) is 0. The Bertz CT molecular complexity index is 481. The maximum atomic E-state index is 12.4. The van der Waals surface area contributed by atoms with Crippen molar-refractivity contribution in [2.45, 2.75) is 38.0 Å². The fraction of sp³-hybridized carbons (Fsp3) is 0.438. The van der Waals surface area contributed by atoms with Gasteiger partial charge in [0, 0.05) is 0 Å². The van der Waals surface area contributed by atoms with Crippen LogP contribution in [0.15, 0.2) is 36.4 Å². The highest BCUT2D eigenvalue weighted by atomic mass is 16.5. The maximum Gasteiger partial charge on any atom is 0.316 e. The van der Waals surface area contributed by atoms with Crippen LogP contribution >= 0.6 is 0 Å². The van der Waals surface area contributed by atoms with Crippen molar-refractivity contribution in [1.29, 1.82) is 0 Å². The molecular formula is C16H20O3. The highest BCUT2D eigenvalue weighted by Crippen LogP contribution is 2.42. The van der Waals surface area contributed by atoms with Crippen LogP contribution in [0.3, 0.4) is 0 Å². The molecule has 0 unspecified atom stereocenters. The second kappa shape index (κ2) is 5.47. The molecule has 3 nitrogen and oxygen atoms in total. The van der Waals surface area contributed by atoms with Crippen LogP contribution in [0.2, 0.25) is 0 Å². The molecule has 1 aliphatic rings. The Morgan fingerprint density at radius 1 is 1.42 bits per heavy atom. The molecule has 0 aromatic heterocycles. The second-order valence-electron chi connectivity index (χ2n) is 5.10. The molecule has 1 aromatic rings. The number of carbonyl (C=O) groups is 1. The van der Waals surface area contributed by atoms with Crippen LogP contribution in [0.5, 0.6) is 5.75 Å². The highest BCUT2D eigenvalue weighted by molar-refractivity contribution is 5.83. The smallest absolute Gasteiger partial charge is 0.316 e. The number of phenols is 1. The standard InChI is InChI=1S/C16H20O3/c1-3-19-15(18)16(9-7-12(2)8-10-16)13-5-4-6-14(17)11-13/h4-6,11,17H,2-3,7-10H2,1H3. The van der Waals surface area contributed by atoms with Crippen molar-refractivity contribution in [3.63, 3.8) is 0 Å². The van der Waals surface area contributed by atoms with Crippen molar-refractivity contribution in [1.82, 2.24) is 0 Å². The van der Waals surface area contributed by atoms with Gasteiger partial charge in [0.05, 0.1) is 12.0 Å². The zero-order chi connectivity index (χ0) is 13.9. The van der Waals surface area contributed by atoms with Gasteiger partial charge in [-0.2, -0.15) is 0 Å². The van der Waals surface area contributed by atoms with Crippen LogP contribution in [0.25, 0.3) is 0 Å². The van der Waals surface area contributed by atoms with E-state index in [-0.39, 0.29) is 11.7 Å². The first-order valence-corrected chi connectivity index (χ1v) is 6.72. The van der Waals surface area contributed by atoms with E-state index in [4.69, 9.17) is 4.74 Å². The summed E-state index contributed by atoms with van der Waals surface area (Å²) < 4.78 is 5.26. The molecule has 0 radical (unpaired) electrons. The van der Waals surface area contributed by atoms with Gasteiger partial charge in [0.25, 0.3) is 0 Å². The fourth-order valence-corrected chi connectivity index (χ4v) is 2.71. The fourth-order valence-electron chi connectivity index (χ4n) is 2.71. The number of hydrogen-bond donors (Lipinski definition) is 1. The van der Waals surface area contributed by atoms with Crippen LogP contribution in [0.4, 0.5) is 0 Å². The predicted molar refractivity (Wildman–Crippen MR) is 74.0 cm³/mol. The van der Waals surface area contributed by atoms with Gasteiger partial charge in [-0.25, -0.2) is 0 Å². The van der Waals surface area contributed by atoms with Gasteiger partial charge >= 0.3 is 5.97 Å². The Labute approximate surface area is 113 Å². The topological polar surface area (TPSA) is 46.5 Å². The molecule has 102 valence electrons. The minimum atomic E-state index is -0.629. The van der Waals surface area contributed by atoms with Gasteiger partial charge in [-0.1, -0.05) is 24.3 Å². The molecule has 2 rings (SSSR count). The summed E-state index contributed by atoms with van der Waals surface area (Å²) in [4.78, 5) is 12.4. The van der Waals surface area contributed by atoms with E-state index in [1.165, 1.54) is 5.57 Å². The first-order chi connectivity index (χ1) is 9.08. The van der Waals surface area contributed by atoms with Crippen LogP contribution in [0, 0.1) is 0 Å². The number of carbonyl (C=O) groups excluding carboxylic acids is 1. The van der Waals surface area contributed by atoms with Gasteiger partial charge in [0.1, 0.15) is 5.75 Å². The van der Waals surface area contributed by atoms with Gasteiger partial charge in [0.2, 0.25) is 0 Å². The maximum absolute atomic E-state index is 12.4. The number of aromatic hydroxyl groups is 1. The van der Waals surface area contributed by atoms with Crippen molar-refractivity contribution in [2.24, 2.45) is 0 Å². The van der Waals surface area contributed by atoms with Crippen molar-refractivity contribution >= 4 is 5.97 Å². The Kier molecular flexibility index (Phi) is 3.93. The molecule has 0 saturated heterocycles. The van der Waals surface area contributed by atoms with Crippen molar-refractivity contribution in [2.75, 3.05) is 6.61 Å². The normalized spacial score (nSPS) is 18.1. The Balaban J connectivity index is 2.39. The first-order valence-electron chi connectivity index (χ1n) is 6.72. The summed E-state index contributed by atoms with van der Waals surface area (Å²) in [5, 5.41) is 9.65. The molecule has 0 heterocycles.